The molecule has 2 atom stereocenters. The molecule has 6 nitrogen and oxygen atoms in total. The Bertz CT molecular complexity index is 1140. The number of rotatable bonds is 62. The van der Waals surface area contributed by atoms with Crippen molar-refractivity contribution >= 4 is 11.9 Å². The molecule has 6 heteroatoms. The average Bonchev–Trinajstić information content (AvgIpc) is 3.39. The lowest BCUT2D eigenvalue weighted by molar-refractivity contribution is -0.143. The summed E-state index contributed by atoms with van der Waals surface area (Å²) in [4.78, 5) is 24.5. The quantitative estimate of drug-likeness (QED) is 0.0320. The lowest BCUT2D eigenvalue weighted by atomic mass is 10.0. The molecule has 0 fully saturated rings. The van der Waals surface area contributed by atoms with E-state index in [2.05, 4.69) is 31.3 Å². The summed E-state index contributed by atoms with van der Waals surface area (Å²) in [5, 5.41) is 23.3. The van der Waals surface area contributed by atoms with E-state index in [1.54, 1.807) is 6.08 Å². The van der Waals surface area contributed by atoms with E-state index in [0.717, 1.165) is 44.9 Å². The van der Waals surface area contributed by atoms with Gasteiger partial charge in [0.1, 0.15) is 0 Å². The molecular formula is C67H129NO5. The largest absolute Gasteiger partial charge is 0.466 e. The number of amides is 1. The van der Waals surface area contributed by atoms with Crippen LogP contribution in [0.3, 0.4) is 0 Å². The van der Waals surface area contributed by atoms with Gasteiger partial charge in [-0.15, -0.1) is 0 Å². The van der Waals surface area contributed by atoms with Crippen LogP contribution < -0.4 is 5.32 Å². The Kier molecular flexibility index (Phi) is 61.4. The van der Waals surface area contributed by atoms with Crippen LogP contribution in [0.4, 0.5) is 0 Å². The molecule has 1 amide bonds. The van der Waals surface area contributed by atoms with E-state index in [4.69, 9.17) is 4.74 Å². The zero-order valence-corrected chi connectivity index (χ0v) is 49.4. The van der Waals surface area contributed by atoms with Gasteiger partial charge >= 0.3 is 5.97 Å². The maximum absolute atomic E-state index is 12.5. The van der Waals surface area contributed by atoms with Crippen molar-refractivity contribution in [3.63, 3.8) is 0 Å². The molecule has 0 aliphatic rings. The molecule has 0 aromatic heterocycles. The number of aliphatic hydroxyl groups excluding tert-OH is 2. The zero-order chi connectivity index (χ0) is 52.9. The summed E-state index contributed by atoms with van der Waals surface area (Å²) in [6.07, 6.45) is 78.0. The third-order valence-electron chi connectivity index (χ3n) is 15.5. The summed E-state index contributed by atoms with van der Waals surface area (Å²) in [7, 11) is 0. The molecule has 432 valence electrons. The van der Waals surface area contributed by atoms with Crippen molar-refractivity contribution in [2.75, 3.05) is 13.2 Å². The molecule has 3 N–H and O–H groups in total. The predicted molar refractivity (Wildman–Crippen MR) is 320 cm³/mol. The van der Waals surface area contributed by atoms with Crippen LogP contribution in [0, 0.1) is 0 Å². The normalized spacial score (nSPS) is 12.7. The number of carbonyl (C=O) groups excluding carboxylic acids is 2. The van der Waals surface area contributed by atoms with Crippen molar-refractivity contribution in [2.24, 2.45) is 0 Å². The van der Waals surface area contributed by atoms with Crippen LogP contribution >= 0.6 is 0 Å². The number of esters is 1. The summed E-state index contributed by atoms with van der Waals surface area (Å²) in [5.41, 5.74) is 0. The topological polar surface area (TPSA) is 95.9 Å². The van der Waals surface area contributed by atoms with Crippen LogP contribution in [0.15, 0.2) is 24.3 Å². The highest BCUT2D eigenvalue weighted by atomic mass is 16.5. The number of unbranched alkanes of at least 4 members (excludes halogenated alkanes) is 49. The van der Waals surface area contributed by atoms with Crippen molar-refractivity contribution in [3.05, 3.63) is 24.3 Å². The van der Waals surface area contributed by atoms with Gasteiger partial charge in [-0.2, -0.15) is 0 Å². The maximum atomic E-state index is 12.5. The minimum absolute atomic E-state index is 0.00107. The number of carbonyl (C=O) groups is 2. The first-order valence-electron chi connectivity index (χ1n) is 33.1. The van der Waals surface area contributed by atoms with Crippen molar-refractivity contribution < 1.29 is 24.5 Å². The molecule has 0 aliphatic carbocycles. The van der Waals surface area contributed by atoms with Crippen molar-refractivity contribution in [1.82, 2.24) is 5.32 Å². The highest BCUT2D eigenvalue weighted by Gasteiger charge is 2.18. The van der Waals surface area contributed by atoms with Gasteiger partial charge in [-0.05, 0) is 57.8 Å². The van der Waals surface area contributed by atoms with Gasteiger partial charge in [0.05, 0.1) is 25.4 Å². The number of ether oxygens (including phenoxy) is 1. The fourth-order valence-corrected chi connectivity index (χ4v) is 10.4. The van der Waals surface area contributed by atoms with Crippen LogP contribution in [-0.2, 0) is 14.3 Å². The number of allylic oxidation sites excluding steroid dienone is 3. The van der Waals surface area contributed by atoms with Gasteiger partial charge in [-0.1, -0.05) is 321 Å². The van der Waals surface area contributed by atoms with Gasteiger partial charge in [0, 0.05) is 12.8 Å². The fraction of sp³-hybridized carbons (Fsp3) is 0.910. The van der Waals surface area contributed by atoms with Gasteiger partial charge < -0.3 is 20.3 Å². The second-order valence-electron chi connectivity index (χ2n) is 22.8. The molecule has 0 aromatic rings. The number of hydrogen-bond acceptors (Lipinski definition) is 5. The second kappa shape index (κ2) is 62.9. The number of nitrogens with one attached hydrogen (secondary N) is 1. The summed E-state index contributed by atoms with van der Waals surface area (Å²) < 4.78 is 5.47. The van der Waals surface area contributed by atoms with E-state index < -0.39 is 12.1 Å². The second-order valence-corrected chi connectivity index (χ2v) is 22.8. The van der Waals surface area contributed by atoms with E-state index in [-0.39, 0.29) is 18.5 Å². The SMILES string of the molecule is CCCCC/C=C\CCCCCCCC(=O)OCCCCCCCCCCCCCCCCCCCCCC(=O)NC(CO)C(O)/C=C/CCCCCCCCCCCCCCCCCCCCCCCCC. The molecule has 0 aliphatic heterocycles. The highest BCUT2D eigenvalue weighted by Crippen LogP contribution is 2.18. The fourth-order valence-electron chi connectivity index (χ4n) is 10.4. The van der Waals surface area contributed by atoms with Crippen LogP contribution in [0.2, 0.25) is 0 Å². The highest BCUT2D eigenvalue weighted by molar-refractivity contribution is 5.76. The summed E-state index contributed by atoms with van der Waals surface area (Å²) in [6.45, 7) is 4.90. The smallest absolute Gasteiger partial charge is 0.305 e. The van der Waals surface area contributed by atoms with Crippen LogP contribution in [0.1, 0.15) is 367 Å². The summed E-state index contributed by atoms with van der Waals surface area (Å²) in [5.74, 6) is -0.0680. The molecule has 0 saturated carbocycles. The van der Waals surface area contributed by atoms with Crippen LogP contribution in [-0.4, -0.2) is 47.4 Å². The Balaban J connectivity index is 3.43. The Morgan fingerprint density at radius 3 is 1.00 bits per heavy atom. The van der Waals surface area contributed by atoms with E-state index in [0.29, 0.717) is 19.4 Å². The average molecular weight is 1030 g/mol. The first-order chi connectivity index (χ1) is 36.0. The monoisotopic (exact) mass is 1030 g/mol. The Hall–Kier alpha value is -1.66. The van der Waals surface area contributed by atoms with Crippen LogP contribution in [0.5, 0.6) is 0 Å². The van der Waals surface area contributed by atoms with E-state index >= 15 is 0 Å². The van der Waals surface area contributed by atoms with Gasteiger partial charge in [0.2, 0.25) is 5.91 Å². The molecule has 2 unspecified atom stereocenters. The lowest BCUT2D eigenvalue weighted by Crippen LogP contribution is -2.45. The van der Waals surface area contributed by atoms with Crippen molar-refractivity contribution in [1.29, 1.82) is 0 Å². The zero-order valence-electron chi connectivity index (χ0n) is 49.4. The molecule has 0 rings (SSSR count). The molecule has 0 bridgehead atoms. The Labute approximate surface area is 456 Å². The standard InChI is InChI=1S/C67H129NO5/c1-3-5-7-9-11-13-15-17-18-19-20-21-22-23-24-25-27-30-33-36-39-43-47-51-55-59-65(70)64(63-69)68-66(71)60-56-52-48-44-40-37-34-31-28-26-29-32-35-38-42-46-50-54-58-62-73-67(72)61-57-53-49-45-41-16-14-12-10-8-6-4-2/h12,14,55,59,64-65,69-70H,3-11,13,15-54,56-58,60-63H2,1-2H3,(H,68,71)/b14-12-,59-55+. The van der Waals surface area contributed by atoms with Gasteiger partial charge in [0.15, 0.2) is 0 Å². The molecule has 0 spiro atoms. The first-order valence-corrected chi connectivity index (χ1v) is 33.1. The first kappa shape index (κ1) is 71.3. The van der Waals surface area contributed by atoms with E-state index in [9.17, 15) is 19.8 Å². The minimum Gasteiger partial charge on any atom is -0.466 e. The molecule has 0 aromatic carbocycles. The minimum atomic E-state index is -0.848. The van der Waals surface area contributed by atoms with Gasteiger partial charge in [-0.3, -0.25) is 9.59 Å². The van der Waals surface area contributed by atoms with E-state index in [1.165, 1.54) is 295 Å². The number of hydrogen-bond donors (Lipinski definition) is 3. The van der Waals surface area contributed by atoms with Crippen LogP contribution in [0.25, 0.3) is 0 Å². The third-order valence-corrected chi connectivity index (χ3v) is 15.5. The summed E-state index contributed by atoms with van der Waals surface area (Å²) in [6, 6.07) is -0.631. The van der Waals surface area contributed by atoms with Crippen molar-refractivity contribution in [2.45, 2.75) is 379 Å². The van der Waals surface area contributed by atoms with Crippen molar-refractivity contribution in [3.8, 4) is 0 Å². The lowest BCUT2D eigenvalue weighted by Gasteiger charge is -2.20. The molecular weight excluding hydrogens is 899 g/mol. The van der Waals surface area contributed by atoms with Gasteiger partial charge in [0.25, 0.3) is 0 Å². The van der Waals surface area contributed by atoms with E-state index in [1.807, 2.05) is 6.08 Å². The Morgan fingerprint density at radius 1 is 0.370 bits per heavy atom. The Morgan fingerprint density at radius 2 is 0.644 bits per heavy atom. The molecule has 0 radical (unpaired) electrons. The molecule has 73 heavy (non-hydrogen) atoms. The maximum Gasteiger partial charge on any atom is 0.305 e. The number of aliphatic hydroxyl groups is 2. The molecule has 0 heterocycles. The molecule has 0 saturated heterocycles. The summed E-state index contributed by atoms with van der Waals surface area (Å²) >= 11 is 0. The predicted octanol–water partition coefficient (Wildman–Crippen LogP) is 21.0. The third kappa shape index (κ3) is 59.4. The van der Waals surface area contributed by atoms with Gasteiger partial charge in [-0.25, -0.2) is 0 Å².